The van der Waals surface area contributed by atoms with E-state index in [0.29, 0.717) is 5.92 Å². The number of carbonyl (C=O) groups excluding carboxylic acids is 1. The van der Waals surface area contributed by atoms with E-state index in [1.807, 2.05) is 30.3 Å². The molecule has 0 atom stereocenters. The highest BCUT2D eigenvalue weighted by Crippen LogP contribution is 2.35. The molecule has 1 heterocycles. The lowest BCUT2D eigenvalue weighted by Crippen LogP contribution is -2.36. The minimum atomic E-state index is -0.0746. The first-order valence-corrected chi connectivity index (χ1v) is 8.64. The molecular weight excluding hydrogens is 298 g/mol. The largest absolute Gasteiger partial charge is 0.497 e. The summed E-state index contributed by atoms with van der Waals surface area (Å²) in [4.78, 5) is 15.0. The van der Waals surface area contributed by atoms with Crippen LogP contribution in [0.1, 0.15) is 39.7 Å². The average molecular weight is 327 g/mol. The molecule has 0 spiro atoms. The first-order chi connectivity index (χ1) is 11.3. The maximum Gasteiger partial charge on any atom is 0.183 e. The summed E-state index contributed by atoms with van der Waals surface area (Å²) in [5.41, 5.74) is 1.83. The highest BCUT2D eigenvalue weighted by atomic mass is 16.5. The van der Waals surface area contributed by atoms with Crippen LogP contribution in [-0.4, -0.2) is 30.9 Å². The van der Waals surface area contributed by atoms with Crippen molar-refractivity contribution in [2.24, 2.45) is 11.3 Å². The lowest BCUT2D eigenvalue weighted by molar-refractivity contribution is -0.112. The molecule has 0 unspecified atom stereocenters. The van der Waals surface area contributed by atoms with Crippen LogP contribution in [0.25, 0.3) is 6.08 Å². The predicted molar refractivity (Wildman–Crippen MR) is 99.9 cm³/mol. The van der Waals surface area contributed by atoms with Gasteiger partial charge in [0, 0.05) is 24.9 Å². The quantitative estimate of drug-likeness (QED) is 0.718. The highest BCUT2D eigenvalue weighted by molar-refractivity contribution is 6.07. The molecular formula is C21H29NO2. The molecule has 1 aromatic rings. The zero-order valence-corrected chi connectivity index (χ0v) is 15.5. The molecule has 0 amide bonds. The maximum atomic E-state index is 12.7. The Morgan fingerprint density at radius 2 is 1.96 bits per heavy atom. The molecule has 0 fully saturated rings. The molecule has 3 heteroatoms. The zero-order valence-electron chi connectivity index (χ0n) is 15.5. The Morgan fingerprint density at radius 1 is 1.29 bits per heavy atom. The van der Waals surface area contributed by atoms with Gasteiger partial charge in [-0.15, -0.1) is 0 Å². The predicted octanol–water partition coefficient (Wildman–Crippen LogP) is 4.55. The van der Waals surface area contributed by atoms with E-state index in [9.17, 15) is 4.79 Å². The number of carbonyl (C=O) groups is 1. The normalized spacial score (nSPS) is 17.2. The van der Waals surface area contributed by atoms with Gasteiger partial charge < -0.3 is 9.64 Å². The topological polar surface area (TPSA) is 29.5 Å². The molecule has 0 aliphatic carbocycles. The van der Waals surface area contributed by atoms with Crippen LogP contribution >= 0.6 is 0 Å². The zero-order chi connectivity index (χ0) is 17.7. The summed E-state index contributed by atoms with van der Waals surface area (Å²) in [7, 11) is 1.65. The number of allylic oxidation sites excluding steroid dienone is 2. The minimum Gasteiger partial charge on any atom is -0.497 e. The van der Waals surface area contributed by atoms with Crippen LogP contribution in [0.15, 0.2) is 42.1 Å². The molecule has 0 aromatic heterocycles. The third-order valence-corrected chi connectivity index (χ3v) is 4.47. The van der Waals surface area contributed by atoms with Gasteiger partial charge in [0.25, 0.3) is 0 Å². The summed E-state index contributed by atoms with van der Waals surface area (Å²) < 4.78 is 5.15. The summed E-state index contributed by atoms with van der Waals surface area (Å²) in [6.45, 7) is 10.7. The SMILES string of the molecule is COc1ccc(C=CC(=O)C2=CN(CC(C)C)CCC2(C)C)cc1. The van der Waals surface area contributed by atoms with Crippen molar-refractivity contribution in [3.8, 4) is 5.75 Å². The van der Waals surface area contributed by atoms with Crippen molar-refractivity contribution >= 4 is 11.9 Å². The number of nitrogens with zero attached hydrogens (tertiary/aromatic N) is 1. The van der Waals surface area contributed by atoms with Gasteiger partial charge in [-0.05, 0) is 41.5 Å². The van der Waals surface area contributed by atoms with Gasteiger partial charge in [-0.1, -0.05) is 45.9 Å². The molecule has 1 aliphatic rings. The van der Waals surface area contributed by atoms with E-state index in [2.05, 4.69) is 38.8 Å². The fraction of sp³-hybridized carbons (Fsp3) is 0.476. The van der Waals surface area contributed by atoms with Crippen molar-refractivity contribution in [1.29, 1.82) is 0 Å². The van der Waals surface area contributed by atoms with Gasteiger partial charge >= 0.3 is 0 Å². The fourth-order valence-corrected chi connectivity index (χ4v) is 2.97. The molecule has 1 aromatic carbocycles. The van der Waals surface area contributed by atoms with Crippen LogP contribution in [0, 0.1) is 11.3 Å². The molecule has 0 saturated carbocycles. The maximum absolute atomic E-state index is 12.7. The second kappa shape index (κ2) is 7.69. The second-order valence-corrected chi connectivity index (χ2v) is 7.54. The van der Waals surface area contributed by atoms with E-state index in [4.69, 9.17) is 4.74 Å². The van der Waals surface area contributed by atoms with Crippen LogP contribution in [0.4, 0.5) is 0 Å². The molecule has 0 N–H and O–H groups in total. The number of hydrogen-bond donors (Lipinski definition) is 0. The van der Waals surface area contributed by atoms with E-state index >= 15 is 0 Å². The van der Waals surface area contributed by atoms with Crippen molar-refractivity contribution in [2.75, 3.05) is 20.2 Å². The summed E-state index contributed by atoms with van der Waals surface area (Å²) in [6.07, 6.45) is 6.65. The Bertz CT molecular complexity index is 624. The lowest BCUT2D eigenvalue weighted by atomic mass is 9.77. The van der Waals surface area contributed by atoms with Crippen molar-refractivity contribution in [3.05, 3.63) is 47.7 Å². The number of methoxy groups -OCH3 is 1. The number of ether oxygens (including phenoxy) is 1. The molecule has 2 rings (SSSR count). The van der Waals surface area contributed by atoms with Gasteiger partial charge in [0.2, 0.25) is 0 Å². The Kier molecular flexibility index (Phi) is 5.87. The number of hydrogen-bond acceptors (Lipinski definition) is 3. The minimum absolute atomic E-state index is 0.0746. The summed E-state index contributed by atoms with van der Waals surface area (Å²) in [5, 5.41) is 0. The summed E-state index contributed by atoms with van der Waals surface area (Å²) in [5.74, 6) is 1.51. The van der Waals surface area contributed by atoms with Crippen LogP contribution in [0.3, 0.4) is 0 Å². The van der Waals surface area contributed by atoms with Gasteiger partial charge in [-0.3, -0.25) is 4.79 Å². The molecule has 3 nitrogen and oxygen atoms in total. The first-order valence-electron chi connectivity index (χ1n) is 8.64. The van der Waals surface area contributed by atoms with E-state index < -0.39 is 0 Å². The highest BCUT2D eigenvalue weighted by Gasteiger charge is 2.31. The standard InChI is InChI=1S/C21H29NO2/c1-16(2)14-22-13-12-21(3,4)19(15-22)20(23)11-8-17-6-9-18(24-5)10-7-17/h6-11,15-16H,12-14H2,1-5H3. The van der Waals surface area contributed by atoms with Crippen LogP contribution in [-0.2, 0) is 4.79 Å². The summed E-state index contributed by atoms with van der Waals surface area (Å²) >= 11 is 0. The van der Waals surface area contributed by atoms with Gasteiger partial charge in [-0.25, -0.2) is 0 Å². The fourth-order valence-electron chi connectivity index (χ4n) is 2.97. The van der Waals surface area contributed by atoms with Crippen LogP contribution < -0.4 is 4.74 Å². The number of ketones is 1. The van der Waals surface area contributed by atoms with Crippen LogP contribution in [0.2, 0.25) is 0 Å². The summed E-state index contributed by atoms with van der Waals surface area (Å²) in [6, 6.07) is 7.71. The Morgan fingerprint density at radius 3 is 2.54 bits per heavy atom. The first kappa shape index (κ1) is 18.3. The Balaban J connectivity index is 2.15. The van der Waals surface area contributed by atoms with E-state index in [-0.39, 0.29) is 11.2 Å². The van der Waals surface area contributed by atoms with E-state index in [1.165, 1.54) is 0 Å². The van der Waals surface area contributed by atoms with Gasteiger partial charge in [0.1, 0.15) is 5.75 Å². The average Bonchev–Trinajstić information content (AvgIpc) is 2.54. The Hall–Kier alpha value is -2.03. The third-order valence-electron chi connectivity index (χ3n) is 4.47. The van der Waals surface area contributed by atoms with Crippen molar-refractivity contribution < 1.29 is 9.53 Å². The third kappa shape index (κ3) is 4.73. The van der Waals surface area contributed by atoms with Crippen LogP contribution in [0.5, 0.6) is 5.75 Å². The molecule has 130 valence electrons. The molecule has 0 radical (unpaired) electrons. The van der Waals surface area contributed by atoms with E-state index in [1.54, 1.807) is 13.2 Å². The van der Waals surface area contributed by atoms with Crippen molar-refractivity contribution in [3.63, 3.8) is 0 Å². The smallest absolute Gasteiger partial charge is 0.183 e. The molecule has 0 bridgehead atoms. The lowest BCUT2D eigenvalue weighted by Gasteiger charge is -2.37. The van der Waals surface area contributed by atoms with Crippen molar-refractivity contribution in [2.45, 2.75) is 34.1 Å². The molecule has 0 saturated heterocycles. The van der Waals surface area contributed by atoms with Gasteiger partial charge in [0.05, 0.1) is 7.11 Å². The number of benzene rings is 1. The number of rotatable bonds is 6. The van der Waals surface area contributed by atoms with Gasteiger partial charge in [0.15, 0.2) is 5.78 Å². The van der Waals surface area contributed by atoms with Crippen molar-refractivity contribution in [1.82, 2.24) is 4.90 Å². The van der Waals surface area contributed by atoms with Gasteiger partial charge in [-0.2, -0.15) is 0 Å². The molecule has 24 heavy (non-hydrogen) atoms. The van der Waals surface area contributed by atoms with E-state index in [0.717, 1.165) is 36.4 Å². The monoisotopic (exact) mass is 327 g/mol. The second-order valence-electron chi connectivity index (χ2n) is 7.54. The Labute approximate surface area is 146 Å². The molecule has 1 aliphatic heterocycles.